The molecule has 3 N–H and O–H groups in total. The Morgan fingerprint density at radius 2 is 2.30 bits per heavy atom. The van der Waals surface area contributed by atoms with Crippen molar-refractivity contribution in [3.63, 3.8) is 0 Å². The van der Waals surface area contributed by atoms with E-state index in [0.29, 0.717) is 12.1 Å². The zero-order chi connectivity index (χ0) is 13.9. The molecule has 5 nitrogen and oxygen atoms in total. The van der Waals surface area contributed by atoms with Gasteiger partial charge in [0.25, 0.3) is 0 Å². The first kappa shape index (κ1) is 12.6. The summed E-state index contributed by atoms with van der Waals surface area (Å²) in [7, 11) is 0. The normalized spacial score (nSPS) is 10.7. The summed E-state index contributed by atoms with van der Waals surface area (Å²) in [5.74, 6) is -0.334. The average Bonchev–Trinajstić information content (AvgIpc) is 3.05. The lowest BCUT2D eigenvalue weighted by Gasteiger charge is -2.04. The van der Waals surface area contributed by atoms with Crippen LogP contribution in [0.15, 0.2) is 35.7 Å². The van der Waals surface area contributed by atoms with Crippen LogP contribution in [0, 0.1) is 5.82 Å². The fourth-order valence-electron chi connectivity index (χ4n) is 1.85. The lowest BCUT2D eigenvalue weighted by molar-refractivity contribution is 0.251. The third-order valence-corrected chi connectivity index (χ3v) is 3.57. The Morgan fingerprint density at radius 1 is 1.40 bits per heavy atom. The van der Waals surface area contributed by atoms with E-state index >= 15 is 0 Å². The minimum Gasteiger partial charge on any atom is -0.332 e. The molecule has 0 radical (unpaired) electrons. The number of benzene rings is 1. The van der Waals surface area contributed by atoms with Crippen LogP contribution >= 0.6 is 11.3 Å². The molecule has 2 heterocycles. The SMILES string of the molecule is O=C(NCc1[nH]nc2cc(F)ccc12)Nc1cccs1. The van der Waals surface area contributed by atoms with Crippen molar-refractivity contribution in [3.8, 4) is 0 Å². The van der Waals surface area contributed by atoms with E-state index in [4.69, 9.17) is 0 Å². The Morgan fingerprint density at radius 3 is 3.10 bits per heavy atom. The number of nitrogens with one attached hydrogen (secondary N) is 3. The number of hydrogen-bond donors (Lipinski definition) is 3. The summed E-state index contributed by atoms with van der Waals surface area (Å²) < 4.78 is 13.0. The molecule has 2 aromatic heterocycles. The summed E-state index contributed by atoms with van der Waals surface area (Å²) in [6, 6.07) is 7.74. The van der Waals surface area contributed by atoms with Gasteiger partial charge in [-0.15, -0.1) is 11.3 Å². The Kier molecular flexibility index (Phi) is 3.34. The Bertz CT molecular complexity index is 738. The fraction of sp³-hybridized carbons (Fsp3) is 0.0769. The number of carbonyl (C=O) groups is 1. The summed E-state index contributed by atoms with van der Waals surface area (Å²) in [5, 5.41) is 15.7. The molecule has 102 valence electrons. The number of rotatable bonds is 3. The van der Waals surface area contributed by atoms with Crippen LogP contribution in [-0.4, -0.2) is 16.2 Å². The molecular weight excluding hydrogens is 279 g/mol. The van der Waals surface area contributed by atoms with Crippen molar-refractivity contribution in [1.29, 1.82) is 0 Å². The van der Waals surface area contributed by atoms with Gasteiger partial charge in [-0.05, 0) is 29.6 Å². The van der Waals surface area contributed by atoms with Gasteiger partial charge >= 0.3 is 6.03 Å². The van der Waals surface area contributed by atoms with Crippen LogP contribution < -0.4 is 10.6 Å². The Hall–Kier alpha value is -2.41. The Labute approximate surface area is 117 Å². The van der Waals surface area contributed by atoms with E-state index in [2.05, 4.69) is 20.8 Å². The molecule has 0 aliphatic rings. The predicted octanol–water partition coefficient (Wildman–Crippen LogP) is 3.09. The van der Waals surface area contributed by atoms with E-state index in [-0.39, 0.29) is 11.8 Å². The second-order valence-electron chi connectivity index (χ2n) is 4.15. The van der Waals surface area contributed by atoms with Gasteiger partial charge in [0.1, 0.15) is 5.82 Å². The van der Waals surface area contributed by atoms with Crippen LogP contribution in [0.3, 0.4) is 0 Å². The number of anilines is 1. The number of H-pyrrole nitrogens is 1. The average molecular weight is 290 g/mol. The zero-order valence-electron chi connectivity index (χ0n) is 10.3. The highest BCUT2D eigenvalue weighted by atomic mass is 32.1. The number of thiophene rings is 1. The number of fused-ring (bicyclic) bond motifs is 1. The highest BCUT2D eigenvalue weighted by molar-refractivity contribution is 7.14. The van der Waals surface area contributed by atoms with E-state index in [9.17, 15) is 9.18 Å². The third-order valence-electron chi connectivity index (χ3n) is 2.78. The summed E-state index contributed by atoms with van der Waals surface area (Å²) in [5.41, 5.74) is 1.28. The summed E-state index contributed by atoms with van der Waals surface area (Å²) in [6.45, 7) is 0.291. The first-order chi connectivity index (χ1) is 9.72. The van der Waals surface area contributed by atoms with Crippen molar-refractivity contribution < 1.29 is 9.18 Å². The standard InChI is InChI=1S/C13H11FN4OS/c14-8-3-4-9-10(6-8)17-18-11(9)7-15-13(19)16-12-2-1-5-20-12/h1-6H,7H2,(H,17,18)(H2,15,16,19). The van der Waals surface area contributed by atoms with E-state index in [0.717, 1.165) is 16.1 Å². The molecule has 0 aliphatic heterocycles. The highest BCUT2D eigenvalue weighted by Gasteiger charge is 2.08. The van der Waals surface area contributed by atoms with Crippen LogP contribution in [0.4, 0.5) is 14.2 Å². The van der Waals surface area contributed by atoms with Gasteiger partial charge < -0.3 is 5.32 Å². The van der Waals surface area contributed by atoms with Crippen LogP contribution in [-0.2, 0) is 6.54 Å². The van der Waals surface area contributed by atoms with E-state index in [1.165, 1.54) is 23.5 Å². The summed E-state index contributed by atoms with van der Waals surface area (Å²) in [6.07, 6.45) is 0. The van der Waals surface area contributed by atoms with Gasteiger partial charge in [-0.25, -0.2) is 9.18 Å². The maximum absolute atomic E-state index is 13.0. The lowest BCUT2D eigenvalue weighted by atomic mass is 10.2. The zero-order valence-corrected chi connectivity index (χ0v) is 11.1. The van der Waals surface area contributed by atoms with Gasteiger partial charge in [-0.1, -0.05) is 0 Å². The first-order valence-corrected chi connectivity index (χ1v) is 6.81. The van der Waals surface area contributed by atoms with Crippen LogP contribution in [0.2, 0.25) is 0 Å². The molecule has 0 saturated carbocycles. The molecule has 3 aromatic rings. The molecule has 0 unspecified atom stereocenters. The second kappa shape index (κ2) is 5.30. The molecule has 0 spiro atoms. The molecule has 1 aromatic carbocycles. The van der Waals surface area contributed by atoms with Crippen molar-refractivity contribution in [2.24, 2.45) is 0 Å². The molecule has 0 saturated heterocycles. The van der Waals surface area contributed by atoms with Gasteiger partial charge in [0, 0.05) is 11.5 Å². The van der Waals surface area contributed by atoms with Gasteiger partial charge in [-0.2, -0.15) is 5.10 Å². The minimum absolute atomic E-state index is 0.291. The number of urea groups is 1. The largest absolute Gasteiger partial charge is 0.332 e. The molecule has 20 heavy (non-hydrogen) atoms. The second-order valence-corrected chi connectivity index (χ2v) is 5.10. The van der Waals surface area contributed by atoms with Gasteiger partial charge in [0.05, 0.1) is 22.8 Å². The first-order valence-electron chi connectivity index (χ1n) is 5.93. The van der Waals surface area contributed by atoms with Crippen molar-refractivity contribution >= 4 is 33.3 Å². The van der Waals surface area contributed by atoms with E-state index in [1.807, 2.05) is 17.5 Å². The van der Waals surface area contributed by atoms with Gasteiger partial charge in [-0.3, -0.25) is 10.4 Å². The monoisotopic (exact) mass is 290 g/mol. The third kappa shape index (κ3) is 2.62. The number of nitrogens with zero attached hydrogens (tertiary/aromatic N) is 1. The van der Waals surface area contributed by atoms with Crippen LogP contribution in [0.25, 0.3) is 10.9 Å². The lowest BCUT2D eigenvalue weighted by Crippen LogP contribution is -2.28. The number of halogens is 1. The van der Waals surface area contributed by atoms with Gasteiger partial charge in [0.2, 0.25) is 0 Å². The number of hydrogen-bond acceptors (Lipinski definition) is 3. The maximum Gasteiger partial charge on any atom is 0.320 e. The molecule has 2 amide bonds. The van der Waals surface area contributed by atoms with Crippen molar-refractivity contribution in [1.82, 2.24) is 15.5 Å². The van der Waals surface area contributed by atoms with Crippen molar-refractivity contribution in [3.05, 3.63) is 47.2 Å². The predicted molar refractivity (Wildman–Crippen MR) is 76.2 cm³/mol. The smallest absolute Gasteiger partial charge is 0.320 e. The molecule has 3 rings (SSSR count). The topological polar surface area (TPSA) is 69.8 Å². The quantitative estimate of drug-likeness (QED) is 0.693. The molecule has 0 bridgehead atoms. The van der Waals surface area contributed by atoms with Crippen LogP contribution in [0.1, 0.15) is 5.69 Å². The van der Waals surface area contributed by atoms with Crippen molar-refractivity contribution in [2.75, 3.05) is 5.32 Å². The van der Waals surface area contributed by atoms with E-state index in [1.54, 1.807) is 6.07 Å². The molecule has 7 heteroatoms. The van der Waals surface area contributed by atoms with Crippen molar-refractivity contribution in [2.45, 2.75) is 6.54 Å². The number of aromatic nitrogens is 2. The van der Waals surface area contributed by atoms with Crippen LogP contribution in [0.5, 0.6) is 0 Å². The van der Waals surface area contributed by atoms with E-state index < -0.39 is 0 Å². The number of amides is 2. The fourth-order valence-corrected chi connectivity index (χ4v) is 2.46. The minimum atomic E-state index is -0.334. The van der Waals surface area contributed by atoms with Gasteiger partial charge in [0.15, 0.2) is 0 Å². The molecule has 0 fully saturated rings. The number of aromatic amines is 1. The summed E-state index contributed by atoms with van der Waals surface area (Å²) >= 11 is 1.44. The maximum atomic E-state index is 13.0. The molecule has 0 atom stereocenters. The number of carbonyl (C=O) groups excluding carboxylic acids is 1. The molecule has 0 aliphatic carbocycles. The molecular formula is C13H11FN4OS. The summed E-state index contributed by atoms with van der Waals surface area (Å²) in [4.78, 5) is 11.7. The highest BCUT2D eigenvalue weighted by Crippen LogP contribution is 2.17. The Balaban J connectivity index is 1.66.